The third-order valence-corrected chi connectivity index (χ3v) is 5.58. The Hall–Kier alpha value is -1.89. The molecule has 0 radical (unpaired) electrons. The van der Waals surface area contributed by atoms with Crippen LogP contribution in [0.5, 0.6) is 0 Å². The number of aliphatic hydroxyl groups excluding tert-OH is 1. The van der Waals surface area contributed by atoms with Crippen LogP contribution in [0, 0.1) is 5.92 Å². The fourth-order valence-electron chi connectivity index (χ4n) is 3.04. The molecule has 0 fully saturated rings. The van der Waals surface area contributed by atoms with Crippen molar-refractivity contribution in [1.82, 2.24) is 16.0 Å². The van der Waals surface area contributed by atoms with E-state index in [4.69, 9.17) is 11.5 Å². The number of unbranched alkanes of at least 4 members (excludes halogenated alkanes) is 1. The Balaban J connectivity index is 5.30. The van der Waals surface area contributed by atoms with Gasteiger partial charge in [-0.25, -0.2) is 4.79 Å². The SMILES string of the molecule is CSCCC(NC(=O)C(NC(=O)C(N)CCCCN)C(C)O)C(=O)NC(CC(C)C)C(=O)O. The van der Waals surface area contributed by atoms with Gasteiger partial charge in [0, 0.05) is 0 Å². The van der Waals surface area contributed by atoms with Crippen LogP contribution in [0.25, 0.3) is 0 Å². The molecule has 0 bridgehead atoms. The highest BCUT2D eigenvalue weighted by Crippen LogP contribution is 2.08. The van der Waals surface area contributed by atoms with Crippen molar-refractivity contribution in [3.8, 4) is 0 Å². The molecule has 33 heavy (non-hydrogen) atoms. The largest absolute Gasteiger partial charge is 0.480 e. The lowest BCUT2D eigenvalue weighted by atomic mass is 10.0. The second kappa shape index (κ2) is 16.7. The van der Waals surface area contributed by atoms with Gasteiger partial charge < -0.3 is 37.6 Å². The van der Waals surface area contributed by atoms with Crippen LogP contribution in [-0.2, 0) is 19.2 Å². The van der Waals surface area contributed by atoms with Crippen LogP contribution >= 0.6 is 11.8 Å². The second-order valence-corrected chi connectivity index (χ2v) is 9.48. The summed E-state index contributed by atoms with van der Waals surface area (Å²) in [6.07, 6.45) is 2.80. The molecule has 12 heteroatoms. The number of hydrogen-bond donors (Lipinski definition) is 7. The minimum absolute atomic E-state index is 0.0366. The minimum Gasteiger partial charge on any atom is -0.480 e. The van der Waals surface area contributed by atoms with E-state index in [2.05, 4.69) is 16.0 Å². The number of carboxylic acid groups (broad SMARTS) is 1. The zero-order chi connectivity index (χ0) is 25.6. The topological polar surface area (TPSA) is 197 Å². The number of nitrogens with one attached hydrogen (secondary N) is 3. The van der Waals surface area contributed by atoms with Crippen LogP contribution in [0.2, 0.25) is 0 Å². The van der Waals surface area contributed by atoms with Gasteiger partial charge in [-0.1, -0.05) is 20.3 Å². The van der Waals surface area contributed by atoms with E-state index in [0.29, 0.717) is 31.6 Å². The lowest BCUT2D eigenvalue weighted by Gasteiger charge is -2.26. The maximum atomic E-state index is 12.8. The number of rotatable bonds is 17. The van der Waals surface area contributed by atoms with Crippen molar-refractivity contribution in [2.24, 2.45) is 17.4 Å². The van der Waals surface area contributed by atoms with Crippen molar-refractivity contribution >= 4 is 35.5 Å². The highest BCUT2D eigenvalue weighted by Gasteiger charge is 2.32. The lowest BCUT2D eigenvalue weighted by Crippen LogP contribution is -2.59. The average molecular weight is 492 g/mol. The lowest BCUT2D eigenvalue weighted by molar-refractivity contribution is -0.143. The van der Waals surface area contributed by atoms with Crippen LogP contribution in [0.15, 0.2) is 0 Å². The number of carbonyl (C=O) groups excluding carboxylic acids is 3. The molecule has 0 rings (SSSR count). The van der Waals surface area contributed by atoms with E-state index >= 15 is 0 Å². The summed E-state index contributed by atoms with van der Waals surface area (Å²) in [7, 11) is 0. The number of nitrogens with two attached hydrogens (primary N) is 2. The molecule has 0 heterocycles. The first kappa shape index (κ1) is 31.1. The smallest absolute Gasteiger partial charge is 0.326 e. The van der Waals surface area contributed by atoms with Gasteiger partial charge in [-0.3, -0.25) is 14.4 Å². The molecular formula is C21H41N5O6S. The van der Waals surface area contributed by atoms with E-state index in [1.807, 2.05) is 20.1 Å². The Morgan fingerprint density at radius 2 is 1.52 bits per heavy atom. The number of hydrogen-bond acceptors (Lipinski definition) is 8. The monoisotopic (exact) mass is 491 g/mol. The second-order valence-electron chi connectivity index (χ2n) is 8.49. The van der Waals surface area contributed by atoms with Crippen molar-refractivity contribution < 1.29 is 29.4 Å². The van der Waals surface area contributed by atoms with Crippen LogP contribution in [0.1, 0.15) is 52.9 Å². The van der Waals surface area contributed by atoms with Gasteiger partial charge >= 0.3 is 5.97 Å². The van der Waals surface area contributed by atoms with Gasteiger partial charge in [0.2, 0.25) is 17.7 Å². The normalized spacial score (nSPS) is 15.8. The molecule has 0 aromatic carbocycles. The van der Waals surface area contributed by atoms with E-state index in [9.17, 15) is 29.4 Å². The summed E-state index contributed by atoms with van der Waals surface area (Å²) in [6, 6.07) is -4.32. The number of carbonyl (C=O) groups is 4. The Kier molecular flexibility index (Phi) is 15.7. The summed E-state index contributed by atoms with van der Waals surface area (Å²) in [4.78, 5) is 49.5. The maximum Gasteiger partial charge on any atom is 0.326 e. The molecule has 11 nitrogen and oxygen atoms in total. The van der Waals surface area contributed by atoms with Crippen molar-refractivity contribution in [2.45, 2.75) is 83.1 Å². The van der Waals surface area contributed by atoms with E-state index in [0.717, 1.165) is 0 Å². The summed E-state index contributed by atoms with van der Waals surface area (Å²) in [5.41, 5.74) is 11.3. The molecule has 0 aliphatic heterocycles. The number of thioether (sulfide) groups is 1. The van der Waals surface area contributed by atoms with Gasteiger partial charge in [-0.15, -0.1) is 0 Å². The summed E-state index contributed by atoms with van der Waals surface area (Å²) in [5, 5.41) is 26.9. The van der Waals surface area contributed by atoms with Gasteiger partial charge in [-0.05, 0) is 57.1 Å². The molecule has 0 aromatic rings. The number of carboxylic acids is 1. The fraction of sp³-hybridized carbons (Fsp3) is 0.810. The maximum absolute atomic E-state index is 12.8. The Morgan fingerprint density at radius 1 is 0.909 bits per heavy atom. The number of aliphatic carboxylic acids is 1. The van der Waals surface area contributed by atoms with Crippen molar-refractivity contribution in [2.75, 3.05) is 18.6 Å². The van der Waals surface area contributed by atoms with E-state index in [1.54, 1.807) is 0 Å². The molecule has 192 valence electrons. The molecule has 5 unspecified atom stereocenters. The molecule has 0 aliphatic rings. The Bertz CT molecular complexity index is 634. The summed E-state index contributed by atoms with van der Waals surface area (Å²) in [6.45, 7) is 5.49. The van der Waals surface area contributed by atoms with Crippen molar-refractivity contribution in [1.29, 1.82) is 0 Å². The van der Waals surface area contributed by atoms with Crippen LogP contribution in [-0.4, -0.2) is 82.7 Å². The Labute approximate surface area is 200 Å². The predicted molar refractivity (Wildman–Crippen MR) is 128 cm³/mol. The first-order chi connectivity index (χ1) is 15.4. The van der Waals surface area contributed by atoms with E-state index < -0.39 is 54.0 Å². The van der Waals surface area contributed by atoms with E-state index in [1.165, 1.54) is 18.7 Å². The van der Waals surface area contributed by atoms with Gasteiger partial charge in [0.05, 0.1) is 12.1 Å². The van der Waals surface area contributed by atoms with Gasteiger partial charge in [0.15, 0.2) is 0 Å². The summed E-state index contributed by atoms with van der Waals surface area (Å²) < 4.78 is 0. The molecule has 3 amide bonds. The van der Waals surface area contributed by atoms with Crippen LogP contribution in [0.4, 0.5) is 0 Å². The molecular weight excluding hydrogens is 450 g/mol. The molecule has 0 aromatic heterocycles. The Morgan fingerprint density at radius 3 is 2.00 bits per heavy atom. The molecule has 0 saturated heterocycles. The van der Waals surface area contributed by atoms with Crippen molar-refractivity contribution in [3.63, 3.8) is 0 Å². The van der Waals surface area contributed by atoms with Crippen LogP contribution < -0.4 is 27.4 Å². The molecule has 0 aliphatic carbocycles. The molecule has 5 atom stereocenters. The third kappa shape index (κ3) is 12.8. The molecule has 9 N–H and O–H groups in total. The standard InChI is InChI=1S/C21H41N5O6S/c1-12(2)11-16(21(31)32)25-19(29)15(8-10-33-4)24-20(30)17(13(3)27)26-18(28)14(23)7-5-6-9-22/h12-17,27H,5-11,22-23H2,1-4H3,(H,24,30)(H,25,29)(H,26,28)(H,31,32). The predicted octanol–water partition coefficient (Wildman–Crippen LogP) is -0.838. The first-order valence-electron chi connectivity index (χ1n) is 11.2. The van der Waals surface area contributed by atoms with E-state index in [-0.39, 0.29) is 18.8 Å². The molecule has 0 saturated carbocycles. The third-order valence-electron chi connectivity index (χ3n) is 4.93. The highest BCUT2D eigenvalue weighted by atomic mass is 32.2. The molecule has 0 spiro atoms. The minimum atomic E-state index is -1.33. The van der Waals surface area contributed by atoms with Crippen molar-refractivity contribution in [3.05, 3.63) is 0 Å². The summed E-state index contributed by atoms with van der Waals surface area (Å²) >= 11 is 1.46. The van der Waals surface area contributed by atoms with Gasteiger partial charge in [0.25, 0.3) is 0 Å². The average Bonchev–Trinajstić information content (AvgIpc) is 2.73. The fourth-order valence-corrected chi connectivity index (χ4v) is 3.51. The number of amides is 3. The van der Waals surface area contributed by atoms with Gasteiger partial charge in [0.1, 0.15) is 18.1 Å². The highest BCUT2D eigenvalue weighted by molar-refractivity contribution is 7.98. The number of aliphatic hydroxyl groups is 1. The quantitative estimate of drug-likeness (QED) is 0.127. The zero-order valence-corrected chi connectivity index (χ0v) is 20.8. The first-order valence-corrected chi connectivity index (χ1v) is 12.6. The van der Waals surface area contributed by atoms with Crippen LogP contribution in [0.3, 0.4) is 0 Å². The zero-order valence-electron chi connectivity index (χ0n) is 20.0. The van der Waals surface area contributed by atoms with Gasteiger partial charge in [-0.2, -0.15) is 11.8 Å². The summed E-state index contributed by atoms with van der Waals surface area (Å²) in [5.74, 6) is -2.60.